The van der Waals surface area contributed by atoms with Crippen LogP contribution in [0.5, 0.6) is 0 Å². The summed E-state index contributed by atoms with van der Waals surface area (Å²) in [5, 5.41) is 0. The van der Waals surface area contributed by atoms with Crippen LogP contribution in [-0.2, 0) is 13.0 Å². The largest absolute Gasteiger partial charge is 0.348 e. The number of carbonyl (C=O) groups is 1. The lowest BCUT2D eigenvalue weighted by molar-refractivity contribution is 0.112. The van der Waals surface area contributed by atoms with Crippen LogP contribution in [0, 0.1) is 13.8 Å². The van der Waals surface area contributed by atoms with Gasteiger partial charge in [0.15, 0.2) is 6.29 Å². The van der Waals surface area contributed by atoms with Gasteiger partial charge in [-0.15, -0.1) is 0 Å². The maximum Gasteiger partial charge on any atom is 0.151 e. The van der Waals surface area contributed by atoms with Crippen LogP contribution in [0.25, 0.3) is 0 Å². The molecule has 3 heteroatoms. The molecule has 0 bridgehead atoms. The highest BCUT2D eigenvalue weighted by molar-refractivity contribution is 5.77. The molecule has 2 aromatic rings. The standard InChI is InChI=1S/C14H16N2O/c1-11-9-13(10-17)12(2)16(11)8-6-14-5-3-4-7-15-14/h3-5,7,9-10H,6,8H2,1-2H3. The highest BCUT2D eigenvalue weighted by Crippen LogP contribution is 2.13. The van der Waals surface area contributed by atoms with Crippen molar-refractivity contribution in [1.29, 1.82) is 0 Å². The van der Waals surface area contributed by atoms with Crippen molar-refractivity contribution in [1.82, 2.24) is 9.55 Å². The third-order valence-corrected chi connectivity index (χ3v) is 3.06. The Kier molecular flexibility index (Phi) is 3.38. The van der Waals surface area contributed by atoms with Crippen LogP contribution in [-0.4, -0.2) is 15.8 Å². The van der Waals surface area contributed by atoms with Gasteiger partial charge in [0.2, 0.25) is 0 Å². The molecule has 0 radical (unpaired) electrons. The fraction of sp³-hybridized carbons (Fsp3) is 0.286. The first-order chi connectivity index (χ1) is 8.22. The predicted molar refractivity (Wildman–Crippen MR) is 67.2 cm³/mol. The SMILES string of the molecule is Cc1cc(C=O)c(C)n1CCc1ccccn1. The van der Waals surface area contributed by atoms with Crippen molar-refractivity contribution < 1.29 is 4.79 Å². The number of carbonyl (C=O) groups excluding carboxylic acids is 1. The molecule has 0 atom stereocenters. The minimum absolute atomic E-state index is 0.781. The average molecular weight is 228 g/mol. The summed E-state index contributed by atoms with van der Waals surface area (Å²) < 4.78 is 2.17. The van der Waals surface area contributed by atoms with Crippen molar-refractivity contribution in [3.8, 4) is 0 Å². The van der Waals surface area contributed by atoms with Crippen LogP contribution in [0.4, 0.5) is 0 Å². The summed E-state index contributed by atoms with van der Waals surface area (Å²) in [4.78, 5) is 15.1. The van der Waals surface area contributed by atoms with Gasteiger partial charge in [0, 0.05) is 41.8 Å². The van der Waals surface area contributed by atoms with Gasteiger partial charge < -0.3 is 4.57 Å². The Morgan fingerprint density at radius 1 is 1.35 bits per heavy atom. The van der Waals surface area contributed by atoms with Crippen LogP contribution in [0.15, 0.2) is 30.5 Å². The second kappa shape index (κ2) is 4.95. The lowest BCUT2D eigenvalue weighted by Gasteiger charge is -2.08. The molecular formula is C14H16N2O. The van der Waals surface area contributed by atoms with Crippen LogP contribution >= 0.6 is 0 Å². The first-order valence-corrected chi connectivity index (χ1v) is 5.74. The van der Waals surface area contributed by atoms with Crippen molar-refractivity contribution in [3.05, 3.63) is 53.1 Å². The molecule has 2 aromatic heterocycles. The maximum absolute atomic E-state index is 10.8. The van der Waals surface area contributed by atoms with Crippen LogP contribution in [0.2, 0.25) is 0 Å². The molecule has 0 unspecified atom stereocenters. The van der Waals surface area contributed by atoms with Crippen molar-refractivity contribution in [2.75, 3.05) is 0 Å². The van der Waals surface area contributed by atoms with E-state index in [1.54, 1.807) is 0 Å². The van der Waals surface area contributed by atoms with E-state index in [9.17, 15) is 4.79 Å². The quantitative estimate of drug-likeness (QED) is 0.754. The molecule has 0 N–H and O–H groups in total. The number of aryl methyl sites for hydroxylation is 2. The van der Waals surface area contributed by atoms with E-state index in [0.717, 1.165) is 41.9 Å². The molecule has 88 valence electrons. The van der Waals surface area contributed by atoms with E-state index in [1.165, 1.54) is 0 Å². The Morgan fingerprint density at radius 3 is 2.76 bits per heavy atom. The van der Waals surface area contributed by atoms with Gasteiger partial charge in [0.05, 0.1) is 0 Å². The minimum Gasteiger partial charge on any atom is -0.348 e. The van der Waals surface area contributed by atoms with Crippen molar-refractivity contribution in [2.45, 2.75) is 26.8 Å². The third-order valence-electron chi connectivity index (χ3n) is 3.06. The molecule has 0 amide bonds. The molecule has 2 heterocycles. The van der Waals surface area contributed by atoms with Crippen LogP contribution in [0.1, 0.15) is 27.4 Å². The Bertz CT molecular complexity index is 515. The maximum atomic E-state index is 10.8. The number of rotatable bonds is 4. The molecule has 0 aliphatic carbocycles. The first kappa shape index (κ1) is 11.6. The zero-order chi connectivity index (χ0) is 12.3. The molecule has 0 aliphatic heterocycles. The normalized spacial score (nSPS) is 10.5. The lowest BCUT2D eigenvalue weighted by atomic mass is 10.2. The van der Waals surface area contributed by atoms with E-state index in [-0.39, 0.29) is 0 Å². The molecule has 17 heavy (non-hydrogen) atoms. The number of aldehydes is 1. The summed E-state index contributed by atoms with van der Waals surface area (Å²) in [7, 11) is 0. The molecule has 3 nitrogen and oxygen atoms in total. The topological polar surface area (TPSA) is 34.9 Å². The first-order valence-electron chi connectivity index (χ1n) is 5.74. The molecule has 0 spiro atoms. The van der Waals surface area contributed by atoms with Crippen molar-refractivity contribution in [3.63, 3.8) is 0 Å². The highest BCUT2D eigenvalue weighted by atomic mass is 16.1. The fourth-order valence-electron chi connectivity index (χ4n) is 2.06. The summed E-state index contributed by atoms with van der Waals surface area (Å²) in [5.41, 5.74) is 4.02. The summed E-state index contributed by atoms with van der Waals surface area (Å²) in [6, 6.07) is 7.87. The predicted octanol–water partition coefficient (Wildman–Crippen LogP) is 2.56. The Labute approximate surface area is 101 Å². The second-order valence-electron chi connectivity index (χ2n) is 4.17. The van der Waals surface area contributed by atoms with E-state index in [2.05, 4.69) is 9.55 Å². The Hall–Kier alpha value is -1.90. The molecule has 0 saturated heterocycles. The summed E-state index contributed by atoms with van der Waals surface area (Å²) in [6.07, 6.45) is 3.61. The minimum atomic E-state index is 0.781. The smallest absolute Gasteiger partial charge is 0.151 e. The average Bonchev–Trinajstić information content (AvgIpc) is 2.63. The van der Waals surface area contributed by atoms with Gasteiger partial charge in [0.1, 0.15) is 0 Å². The van der Waals surface area contributed by atoms with Gasteiger partial charge in [-0.3, -0.25) is 9.78 Å². The zero-order valence-electron chi connectivity index (χ0n) is 10.2. The highest BCUT2D eigenvalue weighted by Gasteiger charge is 2.07. The van der Waals surface area contributed by atoms with Gasteiger partial charge in [-0.05, 0) is 32.0 Å². The monoisotopic (exact) mass is 228 g/mol. The summed E-state index contributed by atoms with van der Waals surface area (Å²) in [5.74, 6) is 0. The van der Waals surface area contributed by atoms with E-state index >= 15 is 0 Å². The summed E-state index contributed by atoms with van der Waals surface area (Å²) >= 11 is 0. The molecular weight excluding hydrogens is 212 g/mol. The molecule has 0 aromatic carbocycles. The van der Waals surface area contributed by atoms with E-state index in [0.29, 0.717) is 0 Å². The molecule has 0 saturated carbocycles. The fourth-order valence-corrected chi connectivity index (χ4v) is 2.06. The summed E-state index contributed by atoms with van der Waals surface area (Å²) in [6.45, 7) is 4.87. The van der Waals surface area contributed by atoms with E-state index in [1.807, 2.05) is 44.3 Å². The van der Waals surface area contributed by atoms with E-state index < -0.39 is 0 Å². The lowest BCUT2D eigenvalue weighted by Crippen LogP contribution is -2.06. The van der Waals surface area contributed by atoms with Gasteiger partial charge in [-0.1, -0.05) is 6.07 Å². The van der Waals surface area contributed by atoms with Crippen molar-refractivity contribution in [2.24, 2.45) is 0 Å². The van der Waals surface area contributed by atoms with Crippen LogP contribution in [0.3, 0.4) is 0 Å². The number of aromatic nitrogens is 2. The molecule has 2 rings (SSSR count). The zero-order valence-corrected chi connectivity index (χ0v) is 10.2. The Morgan fingerprint density at radius 2 is 2.18 bits per heavy atom. The number of hydrogen-bond acceptors (Lipinski definition) is 2. The molecule has 0 fully saturated rings. The van der Waals surface area contributed by atoms with Gasteiger partial charge in [-0.2, -0.15) is 0 Å². The van der Waals surface area contributed by atoms with Crippen LogP contribution < -0.4 is 0 Å². The third kappa shape index (κ3) is 2.44. The van der Waals surface area contributed by atoms with Crippen molar-refractivity contribution >= 4 is 6.29 Å². The molecule has 0 aliphatic rings. The van der Waals surface area contributed by atoms with Gasteiger partial charge in [-0.25, -0.2) is 0 Å². The van der Waals surface area contributed by atoms with E-state index in [4.69, 9.17) is 0 Å². The Balaban J connectivity index is 2.14. The number of nitrogens with zero attached hydrogens (tertiary/aromatic N) is 2. The van der Waals surface area contributed by atoms with Gasteiger partial charge in [0.25, 0.3) is 0 Å². The van der Waals surface area contributed by atoms with Gasteiger partial charge >= 0.3 is 0 Å². The second-order valence-corrected chi connectivity index (χ2v) is 4.17. The number of pyridine rings is 1. The number of hydrogen-bond donors (Lipinski definition) is 0.